The zero-order chi connectivity index (χ0) is 19.2. The number of hydrogen-bond acceptors (Lipinski definition) is 5. The van der Waals surface area contributed by atoms with Gasteiger partial charge in [0.2, 0.25) is 0 Å². The lowest BCUT2D eigenvalue weighted by atomic mass is 9.82. The zero-order valence-electron chi connectivity index (χ0n) is 15.2. The van der Waals surface area contributed by atoms with Crippen molar-refractivity contribution in [2.75, 3.05) is 19.0 Å². The first-order chi connectivity index (χ1) is 12.4. The van der Waals surface area contributed by atoms with Crippen molar-refractivity contribution < 1.29 is 19.4 Å². The van der Waals surface area contributed by atoms with Crippen LogP contribution in [-0.4, -0.2) is 47.3 Å². The van der Waals surface area contributed by atoms with E-state index in [1.807, 2.05) is 0 Å². The number of esters is 1. The summed E-state index contributed by atoms with van der Waals surface area (Å²) < 4.78 is 4.68. The number of carboxylic acid groups (broad SMARTS) is 1. The maximum absolute atomic E-state index is 11.5. The lowest BCUT2D eigenvalue weighted by Gasteiger charge is -2.43. The fourth-order valence-corrected chi connectivity index (χ4v) is 3.38. The van der Waals surface area contributed by atoms with Crippen LogP contribution in [-0.2, 0) is 4.74 Å². The van der Waals surface area contributed by atoms with Crippen LogP contribution in [0.5, 0.6) is 0 Å². The molecule has 2 atom stereocenters. The average molecular weight is 359 g/mol. The van der Waals surface area contributed by atoms with E-state index in [-0.39, 0.29) is 6.04 Å². The minimum absolute atomic E-state index is 0.178. The van der Waals surface area contributed by atoms with Gasteiger partial charge in [0, 0.05) is 31.1 Å². The fraction of sp³-hybridized carbons (Fsp3) is 0.526. The van der Waals surface area contributed by atoms with E-state index >= 15 is 0 Å². The summed E-state index contributed by atoms with van der Waals surface area (Å²) in [5, 5.41) is 22.5. The number of benzene rings is 1. The van der Waals surface area contributed by atoms with Crippen molar-refractivity contribution in [3.63, 3.8) is 0 Å². The van der Waals surface area contributed by atoms with E-state index in [0.717, 1.165) is 24.9 Å². The van der Waals surface area contributed by atoms with Crippen LogP contribution in [0, 0.1) is 11.3 Å². The van der Waals surface area contributed by atoms with Crippen molar-refractivity contribution in [3.8, 4) is 6.07 Å². The SMILES string of the molecule is CCCCC1CC(C#N)(Nc2ccc(C(=O)OC)cc2)CCN1C(=O)O. The monoisotopic (exact) mass is 359 g/mol. The minimum Gasteiger partial charge on any atom is -0.465 e. The van der Waals surface area contributed by atoms with Crippen molar-refractivity contribution >= 4 is 17.7 Å². The zero-order valence-corrected chi connectivity index (χ0v) is 15.2. The molecule has 140 valence electrons. The summed E-state index contributed by atoms with van der Waals surface area (Å²) in [7, 11) is 1.33. The van der Waals surface area contributed by atoms with Crippen LogP contribution in [0.3, 0.4) is 0 Å². The molecule has 1 aliphatic heterocycles. The van der Waals surface area contributed by atoms with Gasteiger partial charge in [-0.3, -0.25) is 0 Å². The van der Waals surface area contributed by atoms with Gasteiger partial charge in [0.05, 0.1) is 18.7 Å². The highest BCUT2D eigenvalue weighted by Gasteiger charge is 2.41. The van der Waals surface area contributed by atoms with Crippen LogP contribution in [0.25, 0.3) is 0 Å². The van der Waals surface area contributed by atoms with Gasteiger partial charge in [0.1, 0.15) is 5.54 Å². The molecule has 1 heterocycles. The number of nitrogens with one attached hydrogen (secondary N) is 1. The first kappa shape index (κ1) is 19.6. The summed E-state index contributed by atoms with van der Waals surface area (Å²) >= 11 is 0. The van der Waals surface area contributed by atoms with Gasteiger partial charge in [-0.2, -0.15) is 5.26 Å². The number of hydrogen-bond donors (Lipinski definition) is 2. The van der Waals surface area contributed by atoms with Gasteiger partial charge in [-0.15, -0.1) is 0 Å². The first-order valence-electron chi connectivity index (χ1n) is 8.82. The van der Waals surface area contributed by atoms with Crippen molar-refractivity contribution in [2.24, 2.45) is 0 Å². The predicted molar refractivity (Wildman–Crippen MR) is 97.0 cm³/mol. The Morgan fingerprint density at radius 3 is 2.65 bits per heavy atom. The molecule has 0 aliphatic carbocycles. The van der Waals surface area contributed by atoms with Gasteiger partial charge in [0.25, 0.3) is 0 Å². The number of carbonyl (C=O) groups excluding carboxylic acids is 1. The molecule has 0 saturated carbocycles. The molecule has 1 saturated heterocycles. The van der Waals surface area contributed by atoms with E-state index in [0.29, 0.717) is 24.9 Å². The smallest absolute Gasteiger partial charge is 0.407 e. The summed E-state index contributed by atoms with van der Waals surface area (Å²) in [6.07, 6.45) is 2.57. The maximum Gasteiger partial charge on any atom is 0.407 e. The third-order valence-electron chi connectivity index (χ3n) is 4.84. The highest BCUT2D eigenvalue weighted by molar-refractivity contribution is 5.89. The number of anilines is 1. The second-order valence-corrected chi connectivity index (χ2v) is 6.61. The average Bonchev–Trinajstić information content (AvgIpc) is 2.66. The number of nitriles is 1. The topological polar surface area (TPSA) is 103 Å². The van der Waals surface area contributed by atoms with Crippen molar-refractivity contribution in [3.05, 3.63) is 29.8 Å². The predicted octanol–water partition coefficient (Wildman–Crippen LogP) is 3.48. The number of piperidine rings is 1. The van der Waals surface area contributed by atoms with Crippen LogP contribution in [0.2, 0.25) is 0 Å². The number of carbonyl (C=O) groups is 2. The normalized spacial score (nSPS) is 22.3. The van der Waals surface area contributed by atoms with Gasteiger partial charge in [-0.25, -0.2) is 9.59 Å². The minimum atomic E-state index is -0.930. The Kier molecular flexibility index (Phi) is 6.45. The van der Waals surface area contributed by atoms with Crippen molar-refractivity contribution in [1.82, 2.24) is 4.90 Å². The lowest BCUT2D eigenvalue weighted by molar-refractivity contribution is 0.0600. The Labute approximate surface area is 153 Å². The highest BCUT2D eigenvalue weighted by atomic mass is 16.5. The molecule has 2 rings (SSSR count). The summed E-state index contributed by atoms with van der Waals surface area (Å²) in [5.74, 6) is -0.416. The molecular weight excluding hydrogens is 334 g/mol. The molecule has 7 nitrogen and oxygen atoms in total. The van der Waals surface area contributed by atoms with Crippen molar-refractivity contribution in [2.45, 2.75) is 50.6 Å². The fourth-order valence-electron chi connectivity index (χ4n) is 3.38. The van der Waals surface area contributed by atoms with E-state index in [1.165, 1.54) is 12.0 Å². The van der Waals surface area contributed by atoms with E-state index in [1.54, 1.807) is 24.3 Å². The lowest BCUT2D eigenvalue weighted by Crippen LogP contribution is -2.54. The largest absolute Gasteiger partial charge is 0.465 e. The highest BCUT2D eigenvalue weighted by Crippen LogP contribution is 2.32. The third-order valence-corrected chi connectivity index (χ3v) is 4.84. The number of rotatable bonds is 6. The number of nitrogens with zero attached hydrogens (tertiary/aromatic N) is 2. The summed E-state index contributed by atoms with van der Waals surface area (Å²) in [6.45, 7) is 2.39. The van der Waals surface area contributed by atoms with Gasteiger partial charge < -0.3 is 20.1 Å². The Bertz CT molecular complexity index is 683. The Balaban J connectivity index is 2.16. The van der Waals surface area contributed by atoms with Gasteiger partial charge in [-0.1, -0.05) is 19.8 Å². The molecule has 1 aliphatic rings. The number of amides is 1. The van der Waals surface area contributed by atoms with Gasteiger partial charge >= 0.3 is 12.1 Å². The van der Waals surface area contributed by atoms with E-state index < -0.39 is 17.6 Å². The second kappa shape index (κ2) is 8.56. The third kappa shape index (κ3) is 4.45. The standard InChI is InChI=1S/C19H25N3O4/c1-3-4-5-16-12-19(13-20,10-11-22(16)18(24)25)21-15-8-6-14(7-9-15)17(23)26-2/h6-9,16,21H,3-5,10-12H2,1-2H3,(H,24,25). The summed E-state index contributed by atoms with van der Waals surface area (Å²) in [4.78, 5) is 24.5. The molecule has 7 heteroatoms. The Morgan fingerprint density at radius 2 is 2.12 bits per heavy atom. The van der Waals surface area contributed by atoms with Crippen LogP contribution in [0.1, 0.15) is 49.4 Å². The number of ether oxygens (including phenoxy) is 1. The molecule has 0 spiro atoms. The van der Waals surface area contributed by atoms with E-state index in [2.05, 4.69) is 23.0 Å². The first-order valence-corrected chi connectivity index (χ1v) is 8.82. The van der Waals surface area contributed by atoms with Crippen LogP contribution < -0.4 is 5.32 Å². The molecular formula is C19H25N3O4. The molecule has 0 bridgehead atoms. The number of likely N-dealkylation sites (tertiary alicyclic amines) is 1. The molecule has 1 amide bonds. The molecule has 1 fully saturated rings. The van der Waals surface area contributed by atoms with Crippen molar-refractivity contribution in [1.29, 1.82) is 5.26 Å². The number of unbranched alkanes of at least 4 members (excludes halogenated alkanes) is 1. The van der Waals surface area contributed by atoms with E-state index in [4.69, 9.17) is 0 Å². The molecule has 0 aromatic heterocycles. The summed E-state index contributed by atoms with van der Waals surface area (Å²) in [5.41, 5.74) is 0.333. The molecule has 2 N–H and O–H groups in total. The molecule has 1 aromatic rings. The Hall–Kier alpha value is -2.75. The summed E-state index contributed by atoms with van der Waals surface area (Å²) in [6, 6.07) is 8.92. The van der Waals surface area contributed by atoms with Crippen LogP contribution in [0.15, 0.2) is 24.3 Å². The molecule has 2 unspecified atom stereocenters. The van der Waals surface area contributed by atoms with Crippen LogP contribution in [0.4, 0.5) is 10.5 Å². The second-order valence-electron chi connectivity index (χ2n) is 6.61. The quantitative estimate of drug-likeness (QED) is 0.754. The van der Waals surface area contributed by atoms with Gasteiger partial charge in [-0.05, 0) is 30.7 Å². The maximum atomic E-state index is 11.5. The molecule has 26 heavy (non-hydrogen) atoms. The molecule has 0 radical (unpaired) electrons. The van der Waals surface area contributed by atoms with E-state index in [9.17, 15) is 20.0 Å². The van der Waals surface area contributed by atoms with Gasteiger partial charge in [0.15, 0.2) is 0 Å². The number of methoxy groups -OCH3 is 1. The molecule has 1 aromatic carbocycles. The Morgan fingerprint density at radius 1 is 1.42 bits per heavy atom. The van der Waals surface area contributed by atoms with Crippen LogP contribution >= 0.6 is 0 Å².